The summed E-state index contributed by atoms with van der Waals surface area (Å²) in [5.41, 5.74) is -0.527. The highest BCUT2D eigenvalue weighted by molar-refractivity contribution is 7.99. The molecule has 18 heavy (non-hydrogen) atoms. The zero-order chi connectivity index (χ0) is 14.0. The van der Waals surface area contributed by atoms with Gasteiger partial charge in [0, 0.05) is 5.25 Å². The van der Waals surface area contributed by atoms with Crippen LogP contribution in [0.5, 0.6) is 0 Å². The zero-order valence-electron chi connectivity index (χ0n) is 12.5. The molecule has 2 atom stereocenters. The van der Waals surface area contributed by atoms with Crippen molar-refractivity contribution in [2.45, 2.75) is 64.7 Å². The van der Waals surface area contributed by atoms with Crippen molar-refractivity contribution in [1.29, 1.82) is 0 Å². The van der Waals surface area contributed by atoms with E-state index in [9.17, 15) is 4.79 Å². The molecule has 0 spiro atoms. The first-order chi connectivity index (χ1) is 8.50. The predicted molar refractivity (Wildman–Crippen MR) is 80.2 cm³/mol. The van der Waals surface area contributed by atoms with Gasteiger partial charge in [0.25, 0.3) is 0 Å². The van der Waals surface area contributed by atoms with Crippen LogP contribution in [0.25, 0.3) is 0 Å². The lowest BCUT2D eigenvalue weighted by Gasteiger charge is -2.28. The van der Waals surface area contributed by atoms with Gasteiger partial charge in [0.15, 0.2) is 0 Å². The largest absolute Gasteiger partial charge is 0.465 e. The molecule has 0 aliphatic rings. The van der Waals surface area contributed by atoms with E-state index in [4.69, 9.17) is 4.74 Å². The molecule has 0 fully saturated rings. The minimum Gasteiger partial charge on any atom is -0.465 e. The molecule has 0 amide bonds. The quantitative estimate of drug-likeness (QED) is 0.491. The van der Waals surface area contributed by atoms with Gasteiger partial charge < -0.3 is 10.1 Å². The lowest BCUT2D eigenvalue weighted by molar-refractivity contribution is -0.150. The van der Waals surface area contributed by atoms with Gasteiger partial charge in [-0.2, -0.15) is 11.8 Å². The van der Waals surface area contributed by atoms with Gasteiger partial charge in [-0.05, 0) is 45.4 Å². The standard InChI is InChI=1S/C14H29NO2S/c1-6-12(4)18-11-9-10-14(5,15-7-2)13(16)17-8-3/h12,15H,6-11H2,1-5H3. The fraction of sp³-hybridized carbons (Fsp3) is 0.929. The third-order valence-corrected chi connectivity index (χ3v) is 4.52. The van der Waals surface area contributed by atoms with E-state index in [0.29, 0.717) is 11.9 Å². The zero-order valence-corrected chi connectivity index (χ0v) is 13.4. The van der Waals surface area contributed by atoms with Crippen molar-refractivity contribution in [1.82, 2.24) is 5.32 Å². The summed E-state index contributed by atoms with van der Waals surface area (Å²) in [4.78, 5) is 11.9. The number of hydrogen-bond donors (Lipinski definition) is 1. The van der Waals surface area contributed by atoms with Crippen molar-refractivity contribution in [3.05, 3.63) is 0 Å². The maximum atomic E-state index is 11.9. The van der Waals surface area contributed by atoms with E-state index in [1.165, 1.54) is 6.42 Å². The second kappa shape index (κ2) is 9.68. The van der Waals surface area contributed by atoms with Crippen LogP contribution in [0.4, 0.5) is 0 Å². The van der Waals surface area contributed by atoms with Crippen LogP contribution in [0.15, 0.2) is 0 Å². The summed E-state index contributed by atoms with van der Waals surface area (Å²) in [7, 11) is 0. The van der Waals surface area contributed by atoms with Gasteiger partial charge in [0.05, 0.1) is 6.61 Å². The second-order valence-corrected chi connectivity index (χ2v) is 6.32. The van der Waals surface area contributed by atoms with E-state index < -0.39 is 5.54 Å². The number of ether oxygens (including phenoxy) is 1. The molecule has 3 nitrogen and oxygen atoms in total. The number of nitrogens with one attached hydrogen (secondary N) is 1. The normalized spacial score (nSPS) is 16.1. The first kappa shape index (κ1) is 17.8. The van der Waals surface area contributed by atoms with E-state index in [1.54, 1.807) is 0 Å². The van der Waals surface area contributed by atoms with Crippen molar-refractivity contribution < 1.29 is 9.53 Å². The van der Waals surface area contributed by atoms with E-state index >= 15 is 0 Å². The molecule has 0 aromatic carbocycles. The molecular weight excluding hydrogens is 246 g/mol. The fourth-order valence-corrected chi connectivity index (χ4v) is 2.72. The molecule has 0 aromatic heterocycles. The smallest absolute Gasteiger partial charge is 0.326 e. The molecule has 0 saturated heterocycles. The van der Waals surface area contributed by atoms with Gasteiger partial charge in [0.1, 0.15) is 5.54 Å². The number of thioether (sulfide) groups is 1. The van der Waals surface area contributed by atoms with Gasteiger partial charge in [-0.15, -0.1) is 0 Å². The highest BCUT2D eigenvalue weighted by Gasteiger charge is 2.32. The maximum absolute atomic E-state index is 11.9. The molecule has 0 aliphatic carbocycles. The SMILES string of the molecule is CCNC(C)(CCCSC(C)CC)C(=O)OCC. The van der Waals surface area contributed by atoms with Crippen LogP contribution in [-0.4, -0.2) is 35.7 Å². The van der Waals surface area contributed by atoms with Crippen LogP contribution < -0.4 is 5.32 Å². The van der Waals surface area contributed by atoms with E-state index in [1.807, 2.05) is 32.5 Å². The molecular formula is C14H29NO2S. The van der Waals surface area contributed by atoms with E-state index in [-0.39, 0.29) is 5.97 Å². The summed E-state index contributed by atoms with van der Waals surface area (Å²) in [5, 5.41) is 3.97. The molecule has 1 N–H and O–H groups in total. The minimum absolute atomic E-state index is 0.125. The lowest BCUT2D eigenvalue weighted by atomic mass is 9.96. The Morgan fingerprint density at radius 3 is 2.56 bits per heavy atom. The van der Waals surface area contributed by atoms with Crippen molar-refractivity contribution in [2.75, 3.05) is 18.9 Å². The Balaban J connectivity index is 4.14. The number of carbonyl (C=O) groups excluding carboxylic acids is 1. The monoisotopic (exact) mass is 275 g/mol. The summed E-state index contributed by atoms with van der Waals surface area (Å²) in [6, 6.07) is 0. The molecule has 0 heterocycles. The van der Waals surface area contributed by atoms with Crippen LogP contribution in [0, 0.1) is 0 Å². The summed E-state index contributed by atoms with van der Waals surface area (Å²) in [6.07, 6.45) is 3.08. The number of carbonyl (C=O) groups is 1. The topological polar surface area (TPSA) is 38.3 Å². The Morgan fingerprint density at radius 1 is 1.39 bits per heavy atom. The highest BCUT2D eigenvalue weighted by Crippen LogP contribution is 2.20. The van der Waals surface area contributed by atoms with Crippen LogP contribution >= 0.6 is 11.8 Å². The summed E-state index contributed by atoms with van der Waals surface area (Å²) >= 11 is 1.98. The van der Waals surface area contributed by atoms with Crippen molar-refractivity contribution in [3.63, 3.8) is 0 Å². The molecule has 108 valence electrons. The molecule has 0 aromatic rings. The molecule has 0 saturated carbocycles. The van der Waals surface area contributed by atoms with Gasteiger partial charge in [-0.3, -0.25) is 4.79 Å². The highest BCUT2D eigenvalue weighted by atomic mass is 32.2. The van der Waals surface area contributed by atoms with Crippen LogP contribution in [0.2, 0.25) is 0 Å². The minimum atomic E-state index is -0.527. The third-order valence-electron chi connectivity index (χ3n) is 3.09. The van der Waals surface area contributed by atoms with Gasteiger partial charge in [-0.1, -0.05) is 20.8 Å². The molecule has 0 rings (SSSR count). The Kier molecular flexibility index (Phi) is 9.56. The first-order valence-electron chi connectivity index (χ1n) is 7.04. The maximum Gasteiger partial charge on any atom is 0.326 e. The number of likely N-dealkylation sites (N-methyl/N-ethyl adjacent to an activating group) is 1. The fourth-order valence-electron chi connectivity index (χ4n) is 1.77. The summed E-state index contributed by atoms with van der Waals surface area (Å²) in [6.45, 7) is 11.5. The molecule has 0 aliphatic heterocycles. The Bertz CT molecular complexity index is 236. The third kappa shape index (κ3) is 6.64. The van der Waals surface area contributed by atoms with E-state index in [0.717, 1.165) is 25.1 Å². The van der Waals surface area contributed by atoms with Crippen molar-refractivity contribution in [3.8, 4) is 0 Å². The Labute approximate surface area is 116 Å². The van der Waals surface area contributed by atoms with Crippen LogP contribution in [-0.2, 0) is 9.53 Å². The number of rotatable bonds is 10. The number of esters is 1. The molecule has 2 unspecified atom stereocenters. The first-order valence-corrected chi connectivity index (χ1v) is 8.08. The predicted octanol–water partition coefficient (Wildman–Crippen LogP) is 3.23. The summed E-state index contributed by atoms with van der Waals surface area (Å²) in [5.74, 6) is 0.982. The Morgan fingerprint density at radius 2 is 2.06 bits per heavy atom. The molecule has 4 heteroatoms. The Hall–Kier alpha value is -0.220. The van der Waals surface area contributed by atoms with Gasteiger partial charge >= 0.3 is 5.97 Å². The van der Waals surface area contributed by atoms with Gasteiger partial charge in [-0.25, -0.2) is 0 Å². The second-order valence-electron chi connectivity index (χ2n) is 4.78. The van der Waals surface area contributed by atoms with E-state index in [2.05, 4.69) is 19.2 Å². The average Bonchev–Trinajstić information content (AvgIpc) is 2.35. The van der Waals surface area contributed by atoms with Crippen LogP contribution in [0.1, 0.15) is 53.9 Å². The van der Waals surface area contributed by atoms with Crippen molar-refractivity contribution >= 4 is 17.7 Å². The lowest BCUT2D eigenvalue weighted by Crippen LogP contribution is -2.50. The molecule has 0 bridgehead atoms. The van der Waals surface area contributed by atoms with Crippen LogP contribution in [0.3, 0.4) is 0 Å². The number of hydrogen-bond acceptors (Lipinski definition) is 4. The van der Waals surface area contributed by atoms with Gasteiger partial charge in [0.2, 0.25) is 0 Å². The van der Waals surface area contributed by atoms with Crippen molar-refractivity contribution in [2.24, 2.45) is 0 Å². The summed E-state index contributed by atoms with van der Waals surface area (Å²) < 4.78 is 5.15. The molecule has 0 radical (unpaired) electrons. The average molecular weight is 275 g/mol.